The van der Waals surface area contributed by atoms with E-state index < -0.39 is 17.8 Å². The highest BCUT2D eigenvalue weighted by Crippen LogP contribution is 2.42. The van der Waals surface area contributed by atoms with Gasteiger partial charge in [0.05, 0.1) is 17.2 Å². The van der Waals surface area contributed by atoms with Crippen LogP contribution in [0.5, 0.6) is 0 Å². The van der Waals surface area contributed by atoms with Gasteiger partial charge >= 0.3 is 12.1 Å². The molecule has 9 heteroatoms. The van der Waals surface area contributed by atoms with Crippen LogP contribution in [0.4, 0.5) is 13.2 Å². The van der Waals surface area contributed by atoms with E-state index in [1.54, 1.807) is 6.92 Å². The lowest BCUT2D eigenvalue weighted by molar-refractivity contribution is -0.141. The number of hydrogen-bond donors (Lipinski definition) is 1. The lowest BCUT2D eigenvalue weighted by Crippen LogP contribution is -2.12. The molecule has 1 fully saturated rings. The molecule has 2 aromatic rings. The van der Waals surface area contributed by atoms with Crippen LogP contribution in [0.25, 0.3) is 0 Å². The molecule has 1 atom stereocenters. The Kier molecular flexibility index (Phi) is 4.15. The van der Waals surface area contributed by atoms with Crippen LogP contribution in [0.15, 0.2) is 6.07 Å². The van der Waals surface area contributed by atoms with Gasteiger partial charge < -0.3 is 5.11 Å². The van der Waals surface area contributed by atoms with Gasteiger partial charge in [-0.1, -0.05) is 6.92 Å². The highest BCUT2D eigenvalue weighted by Gasteiger charge is 2.38. The number of carbonyl (C=O) groups is 1. The molecule has 130 valence electrons. The summed E-state index contributed by atoms with van der Waals surface area (Å²) in [6.45, 7) is 3.67. The fourth-order valence-electron chi connectivity index (χ4n) is 2.59. The zero-order valence-corrected chi connectivity index (χ0v) is 13.9. The molecule has 24 heavy (non-hydrogen) atoms. The van der Waals surface area contributed by atoms with Crippen molar-refractivity contribution in [2.45, 2.75) is 51.2 Å². The minimum absolute atomic E-state index is 0.133. The third-order valence-corrected chi connectivity index (χ3v) is 5.35. The molecule has 1 aliphatic carbocycles. The Bertz CT molecular complexity index is 778. The van der Waals surface area contributed by atoms with Crippen molar-refractivity contribution in [2.24, 2.45) is 0 Å². The largest absolute Gasteiger partial charge is 0.477 e. The second-order valence-electron chi connectivity index (χ2n) is 6.08. The van der Waals surface area contributed by atoms with Crippen LogP contribution in [0, 0.1) is 6.92 Å². The van der Waals surface area contributed by atoms with Crippen LogP contribution >= 0.6 is 11.3 Å². The Hall–Kier alpha value is -1.90. The van der Waals surface area contributed by atoms with Gasteiger partial charge in [0.2, 0.25) is 0 Å². The van der Waals surface area contributed by atoms with Crippen molar-refractivity contribution < 1.29 is 23.1 Å². The lowest BCUT2D eigenvalue weighted by atomic mass is 10.2. The van der Waals surface area contributed by atoms with Crippen molar-refractivity contribution >= 4 is 17.3 Å². The number of carboxylic acids is 1. The molecule has 0 unspecified atom stereocenters. The van der Waals surface area contributed by atoms with Crippen LogP contribution in [-0.2, 0) is 12.7 Å². The predicted molar refractivity (Wildman–Crippen MR) is 81.4 cm³/mol. The van der Waals surface area contributed by atoms with E-state index in [9.17, 15) is 18.0 Å². The zero-order valence-electron chi connectivity index (χ0n) is 13.1. The summed E-state index contributed by atoms with van der Waals surface area (Å²) in [6.07, 6.45) is -2.72. The Morgan fingerprint density at radius 3 is 2.67 bits per heavy atom. The van der Waals surface area contributed by atoms with Gasteiger partial charge in [-0.15, -0.1) is 11.3 Å². The van der Waals surface area contributed by atoms with E-state index in [-0.39, 0.29) is 23.3 Å². The first kappa shape index (κ1) is 16.9. The molecular weight excluding hydrogens is 343 g/mol. The molecule has 0 aromatic carbocycles. The summed E-state index contributed by atoms with van der Waals surface area (Å²) in [5.74, 6) is -1.13. The maximum atomic E-state index is 12.9. The van der Waals surface area contributed by atoms with Gasteiger partial charge in [0.15, 0.2) is 5.69 Å². The minimum Gasteiger partial charge on any atom is -0.477 e. The average Bonchev–Trinajstić information content (AvgIpc) is 3.09. The van der Waals surface area contributed by atoms with Gasteiger partial charge in [0.1, 0.15) is 4.88 Å². The Morgan fingerprint density at radius 1 is 1.50 bits per heavy atom. The highest BCUT2D eigenvalue weighted by atomic mass is 32.1. The topological polar surface area (TPSA) is 68.0 Å². The fourth-order valence-corrected chi connectivity index (χ4v) is 3.54. The van der Waals surface area contributed by atoms with Crippen molar-refractivity contribution in [3.63, 3.8) is 0 Å². The molecule has 2 aromatic heterocycles. The molecule has 5 nitrogen and oxygen atoms in total. The Balaban J connectivity index is 1.86. The summed E-state index contributed by atoms with van der Waals surface area (Å²) in [4.78, 5) is 15.5. The van der Waals surface area contributed by atoms with Gasteiger partial charge in [0.25, 0.3) is 0 Å². The minimum atomic E-state index is -4.47. The molecule has 0 bridgehead atoms. The number of alkyl halides is 3. The van der Waals surface area contributed by atoms with Gasteiger partial charge in [-0.2, -0.15) is 18.3 Å². The molecule has 1 N–H and O–H groups in total. The molecule has 0 radical (unpaired) electrons. The zero-order chi connectivity index (χ0) is 17.6. The molecular formula is C15H16F3N3O2S. The maximum Gasteiger partial charge on any atom is 0.435 e. The Morgan fingerprint density at radius 2 is 2.17 bits per heavy atom. The number of nitrogens with zero attached hydrogens (tertiary/aromatic N) is 3. The first-order valence-electron chi connectivity index (χ1n) is 7.52. The number of thiazole rings is 1. The number of aromatic carboxylic acids is 1. The quantitative estimate of drug-likeness (QED) is 0.875. The van der Waals surface area contributed by atoms with Crippen molar-refractivity contribution in [3.05, 3.63) is 33.0 Å². The number of hydrogen-bond acceptors (Lipinski definition) is 4. The SMILES string of the molecule is Cc1nc([C@H](C)Cn2nc(C(F)(F)F)cc2C2CC2)sc1C(=O)O. The van der Waals surface area contributed by atoms with Crippen LogP contribution < -0.4 is 0 Å². The third-order valence-electron chi connectivity index (χ3n) is 3.97. The van der Waals surface area contributed by atoms with E-state index in [0.29, 0.717) is 16.4 Å². The molecule has 1 saturated carbocycles. The van der Waals surface area contributed by atoms with E-state index in [0.717, 1.165) is 30.2 Å². The van der Waals surface area contributed by atoms with Gasteiger partial charge in [0, 0.05) is 17.5 Å². The van der Waals surface area contributed by atoms with E-state index in [4.69, 9.17) is 5.11 Å². The normalized spacial score (nSPS) is 16.4. The van der Waals surface area contributed by atoms with E-state index in [1.165, 1.54) is 4.68 Å². The fraction of sp³-hybridized carbons (Fsp3) is 0.533. The summed E-state index contributed by atoms with van der Waals surface area (Å²) in [6, 6.07) is 1.13. The number of carboxylic acid groups (broad SMARTS) is 1. The number of aromatic nitrogens is 3. The smallest absolute Gasteiger partial charge is 0.435 e. The third kappa shape index (κ3) is 3.31. The summed E-state index contributed by atoms with van der Waals surface area (Å²) in [7, 11) is 0. The van der Waals surface area contributed by atoms with Crippen LogP contribution in [0.2, 0.25) is 0 Å². The van der Waals surface area contributed by atoms with Crippen LogP contribution in [0.3, 0.4) is 0 Å². The average molecular weight is 359 g/mol. The van der Waals surface area contributed by atoms with Gasteiger partial charge in [-0.05, 0) is 25.8 Å². The van der Waals surface area contributed by atoms with Crippen LogP contribution in [-0.4, -0.2) is 25.8 Å². The molecule has 0 saturated heterocycles. The standard InChI is InChI=1S/C15H16F3N3O2S/c1-7(13-19-8(2)12(24-13)14(22)23)6-21-10(9-3-4-9)5-11(20-21)15(16,17)18/h5,7,9H,3-4,6H2,1-2H3,(H,22,23)/t7-/m1/s1. The summed E-state index contributed by atoms with van der Waals surface area (Å²) >= 11 is 1.06. The van der Waals surface area contributed by atoms with Crippen molar-refractivity contribution in [2.75, 3.05) is 0 Å². The number of aryl methyl sites for hydroxylation is 1. The van der Waals surface area contributed by atoms with E-state index in [1.807, 2.05) is 6.92 Å². The van der Waals surface area contributed by atoms with E-state index in [2.05, 4.69) is 10.1 Å². The first-order valence-corrected chi connectivity index (χ1v) is 8.34. The van der Waals surface area contributed by atoms with Crippen molar-refractivity contribution in [3.8, 4) is 0 Å². The second kappa shape index (κ2) is 5.87. The summed E-state index contributed by atoms with van der Waals surface area (Å²) in [5.41, 5.74) is 0.146. The first-order chi connectivity index (χ1) is 11.2. The van der Waals surface area contributed by atoms with E-state index >= 15 is 0 Å². The van der Waals surface area contributed by atoms with Gasteiger partial charge in [-0.3, -0.25) is 4.68 Å². The monoisotopic (exact) mass is 359 g/mol. The molecule has 0 amide bonds. The summed E-state index contributed by atoms with van der Waals surface area (Å²) < 4.78 is 40.2. The van der Waals surface area contributed by atoms with Crippen molar-refractivity contribution in [1.29, 1.82) is 0 Å². The highest BCUT2D eigenvalue weighted by molar-refractivity contribution is 7.13. The second-order valence-corrected chi connectivity index (χ2v) is 7.11. The molecule has 1 aliphatic rings. The molecule has 3 rings (SSSR count). The van der Waals surface area contributed by atoms with Gasteiger partial charge in [-0.25, -0.2) is 9.78 Å². The van der Waals surface area contributed by atoms with Crippen LogP contribution in [0.1, 0.15) is 63.4 Å². The summed E-state index contributed by atoms with van der Waals surface area (Å²) in [5, 5.41) is 13.4. The molecule has 0 aliphatic heterocycles. The van der Waals surface area contributed by atoms with Crippen molar-refractivity contribution in [1.82, 2.24) is 14.8 Å². The lowest BCUT2D eigenvalue weighted by Gasteiger charge is -2.11. The predicted octanol–water partition coefficient (Wildman–Crippen LogP) is 4.05. The number of rotatable bonds is 5. The molecule has 2 heterocycles. The Labute approximate surface area is 140 Å². The maximum absolute atomic E-state index is 12.9. The number of halogens is 3. The molecule has 0 spiro atoms.